The number of benzene rings is 1. The number of carbonyl (C=O) groups is 1. The second kappa shape index (κ2) is 4.69. The van der Waals surface area contributed by atoms with E-state index in [1.165, 1.54) is 0 Å². The number of amides is 1. The van der Waals surface area contributed by atoms with Crippen molar-refractivity contribution in [3.63, 3.8) is 0 Å². The predicted octanol–water partition coefficient (Wildman–Crippen LogP) is 1.61. The summed E-state index contributed by atoms with van der Waals surface area (Å²) in [5.74, 6) is -0.986. The van der Waals surface area contributed by atoms with Crippen LogP contribution in [0, 0.1) is 0 Å². The van der Waals surface area contributed by atoms with Crippen LogP contribution in [0.2, 0.25) is 0 Å². The minimum atomic E-state index is -4.87. The van der Waals surface area contributed by atoms with E-state index < -0.39 is 32.4 Å². The zero-order valence-electron chi connectivity index (χ0n) is 9.78. The van der Waals surface area contributed by atoms with Gasteiger partial charge in [0.1, 0.15) is 0 Å². The van der Waals surface area contributed by atoms with Crippen molar-refractivity contribution >= 4 is 21.3 Å². The van der Waals surface area contributed by atoms with E-state index in [0.29, 0.717) is 12.3 Å². The summed E-state index contributed by atoms with van der Waals surface area (Å²) >= 11 is 0. The zero-order chi connectivity index (χ0) is 15.0. The van der Waals surface area contributed by atoms with Gasteiger partial charge in [-0.1, -0.05) is 12.6 Å². The molecule has 19 heavy (non-hydrogen) atoms. The Morgan fingerprint density at radius 2 is 1.84 bits per heavy atom. The summed E-state index contributed by atoms with van der Waals surface area (Å²) < 4.78 is 61.0. The number of hydrogen-bond acceptors (Lipinski definition) is 3. The van der Waals surface area contributed by atoms with Gasteiger partial charge in [-0.05, 0) is 17.7 Å². The highest BCUT2D eigenvalue weighted by Crippen LogP contribution is 2.35. The molecule has 4 nitrogen and oxygen atoms in total. The van der Waals surface area contributed by atoms with Crippen LogP contribution in [0.5, 0.6) is 0 Å². The summed E-state index contributed by atoms with van der Waals surface area (Å²) in [5.41, 5.74) is 3.06. The van der Waals surface area contributed by atoms with Crippen LogP contribution >= 0.6 is 0 Å². The predicted molar refractivity (Wildman–Crippen MR) is 62.8 cm³/mol. The fraction of sp³-hybridized carbons (Fsp3) is 0.182. The third kappa shape index (κ3) is 3.34. The molecule has 0 unspecified atom stereocenters. The number of nitrogens with two attached hydrogens (primary N) is 1. The molecule has 0 saturated carbocycles. The maximum atomic E-state index is 12.8. The molecule has 1 aromatic rings. The standard InChI is InChI=1S/C11H10F3NO3S/c1-6(10(15)16)7-3-4-9(19(2,17)18)8(5-7)11(12,13)14/h3-5H,1H2,2H3,(H2,15,16). The lowest BCUT2D eigenvalue weighted by atomic mass is 10.0. The normalized spacial score (nSPS) is 12.2. The van der Waals surface area contributed by atoms with E-state index in [1.54, 1.807) is 0 Å². The van der Waals surface area contributed by atoms with Gasteiger partial charge in [-0.3, -0.25) is 4.79 Å². The molecule has 0 saturated heterocycles. The third-order valence-electron chi connectivity index (χ3n) is 2.33. The minimum absolute atomic E-state index is 0.174. The van der Waals surface area contributed by atoms with Crippen LogP contribution in [0.15, 0.2) is 29.7 Å². The molecule has 0 radical (unpaired) electrons. The molecule has 0 spiro atoms. The van der Waals surface area contributed by atoms with Crippen molar-refractivity contribution in [2.24, 2.45) is 5.73 Å². The Bertz CT molecular complexity index is 648. The van der Waals surface area contributed by atoms with Gasteiger partial charge >= 0.3 is 6.18 Å². The molecule has 0 aromatic heterocycles. The van der Waals surface area contributed by atoms with Crippen LogP contribution in [-0.2, 0) is 20.8 Å². The van der Waals surface area contributed by atoms with Crippen LogP contribution in [-0.4, -0.2) is 20.6 Å². The Labute approximate surface area is 107 Å². The molecular weight excluding hydrogens is 283 g/mol. The summed E-state index contributed by atoms with van der Waals surface area (Å²) in [5, 5.41) is 0. The first-order valence-electron chi connectivity index (χ1n) is 4.85. The van der Waals surface area contributed by atoms with E-state index in [2.05, 4.69) is 6.58 Å². The second-order valence-corrected chi connectivity index (χ2v) is 5.81. The molecule has 1 aromatic carbocycles. The number of hydrogen-bond donors (Lipinski definition) is 1. The van der Waals surface area contributed by atoms with Crippen LogP contribution in [0.4, 0.5) is 13.2 Å². The van der Waals surface area contributed by atoms with E-state index >= 15 is 0 Å². The molecule has 0 aliphatic heterocycles. The summed E-state index contributed by atoms with van der Waals surface area (Å²) in [6, 6.07) is 2.38. The second-order valence-electron chi connectivity index (χ2n) is 3.82. The monoisotopic (exact) mass is 293 g/mol. The van der Waals surface area contributed by atoms with Crippen molar-refractivity contribution in [2.75, 3.05) is 6.26 Å². The highest BCUT2D eigenvalue weighted by molar-refractivity contribution is 7.90. The summed E-state index contributed by atoms with van der Waals surface area (Å²) in [6.07, 6.45) is -4.20. The van der Waals surface area contributed by atoms with Crippen LogP contribution in [0.3, 0.4) is 0 Å². The van der Waals surface area contributed by atoms with Gasteiger partial charge in [-0.25, -0.2) is 8.42 Å². The maximum absolute atomic E-state index is 12.8. The highest BCUT2D eigenvalue weighted by Gasteiger charge is 2.36. The number of halogens is 3. The molecule has 0 fully saturated rings. The van der Waals surface area contributed by atoms with Crippen molar-refractivity contribution < 1.29 is 26.4 Å². The molecular formula is C11H10F3NO3S. The van der Waals surface area contributed by atoms with Crippen LogP contribution < -0.4 is 5.73 Å². The Balaban J connectivity index is 3.58. The fourth-order valence-corrected chi connectivity index (χ4v) is 2.29. The van der Waals surface area contributed by atoms with Gasteiger partial charge in [-0.2, -0.15) is 13.2 Å². The molecule has 0 aliphatic carbocycles. The first kappa shape index (κ1) is 15.2. The SMILES string of the molecule is C=C(C(N)=O)c1ccc(S(C)(=O)=O)c(C(F)(F)F)c1. The van der Waals surface area contributed by atoms with Gasteiger partial charge in [0.25, 0.3) is 0 Å². The van der Waals surface area contributed by atoms with Gasteiger partial charge in [0.15, 0.2) is 9.84 Å². The van der Waals surface area contributed by atoms with Gasteiger partial charge in [-0.15, -0.1) is 0 Å². The van der Waals surface area contributed by atoms with Crippen LogP contribution in [0.25, 0.3) is 5.57 Å². The molecule has 0 bridgehead atoms. The van der Waals surface area contributed by atoms with E-state index in [1.807, 2.05) is 0 Å². The molecule has 2 N–H and O–H groups in total. The average Bonchev–Trinajstić information content (AvgIpc) is 2.24. The Kier molecular flexibility index (Phi) is 3.76. The number of carbonyl (C=O) groups excluding carboxylic acids is 1. The van der Waals surface area contributed by atoms with E-state index in [0.717, 1.165) is 12.1 Å². The van der Waals surface area contributed by atoms with Gasteiger partial charge in [0.05, 0.1) is 10.5 Å². The maximum Gasteiger partial charge on any atom is 0.417 e. The van der Waals surface area contributed by atoms with Crippen molar-refractivity contribution in [2.45, 2.75) is 11.1 Å². The lowest BCUT2D eigenvalue weighted by molar-refractivity contribution is -0.139. The lowest BCUT2D eigenvalue weighted by Crippen LogP contribution is -2.15. The van der Waals surface area contributed by atoms with Crippen molar-refractivity contribution in [3.05, 3.63) is 35.9 Å². The number of primary amides is 1. The molecule has 0 aliphatic rings. The first-order chi connectivity index (χ1) is 8.44. The van der Waals surface area contributed by atoms with Crippen molar-refractivity contribution in [1.29, 1.82) is 0 Å². The topological polar surface area (TPSA) is 77.2 Å². The number of sulfone groups is 1. The Morgan fingerprint density at radius 1 is 1.32 bits per heavy atom. The molecule has 1 amide bonds. The van der Waals surface area contributed by atoms with Crippen molar-refractivity contribution in [1.82, 2.24) is 0 Å². The Hall–Kier alpha value is -1.83. The number of alkyl halides is 3. The van der Waals surface area contributed by atoms with E-state index in [-0.39, 0.29) is 11.1 Å². The van der Waals surface area contributed by atoms with Gasteiger partial charge in [0, 0.05) is 11.8 Å². The zero-order valence-corrected chi connectivity index (χ0v) is 10.6. The fourth-order valence-electron chi connectivity index (χ4n) is 1.40. The van der Waals surface area contributed by atoms with Crippen LogP contribution in [0.1, 0.15) is 11.1 Å². The van der Waals surface area contributed by atoms with E-state index in [4.69, 9.17) is 5.73 Å². The summed E-state index contributed by atoms with van der Waals surface area (Å²) in [4.78, 5) is 10.0. The molecule has 0 heterocycles. The lowest BCUT2D eigenvalue weighted by Gasteiger charge is -2.13. The van der Waals surface area contributed by atoms with E-state index in [9.17, 15) is 26.4 Å². The van der Waals surface area contributed by atoms with Gasteiger partial charge in [0.2, 0.25) is 5.91 Å². The molecule has 104 valence electrons. The summed E-state index contributed by atoms with van der Waals surface area (Å²) in [7, 11) is -4.05. The molecule has 1 rings (SSSR count). The molecule has 8 heteroatoms. The minimum Gasteiger partial charge on any atom is -0.366 e. The third-order valence-corrected chi connectivity index (χ3v) is 3.49. The quantitative estimate of drug-likeness (QED) is 0.860. The smallest absolute Gasteiger partial charge is 0.366 e. The molecule has 0 atom stereocenters. The van der Waals surface area contributed by atoms with Crippen molar-refractivity contribution in [3.8, 4) is 0 Å². The Morgan fingerprint density at radius 3 is 2.21 bits per heavy atom. The van der Waals surface area contributed by atoms with Gasteiger partial charge < -0.3 is 5.73 Å². The first-order valence-corrected chi connectivity index (χ1v) is 6.74. The largest absolute Gasteiger partial charge is 0.417 e. The summed E-state index contributed by atoms with van der Waals surface area (Å²) in [6.45, 7) is 3.25. The number of rotatable bonds is 3. The average molecular weight is 293 g/mol. The highest BCUT2D eigenvalue weighted by atomic mass is 32.2.